The van der Waals surface area contributed by atoms with E-state index < -0.39 is 10.4 Å². The highest BCUT2D eigenvalue weighted by Crippen LogP contribution is 2.25. The zero-order chi connectivity index (χ0) is 15.7. The summed E-state index contributed by atoms with van der Waals surface area (Å²) < 4.78 is 40.1. The van der Waals surface area contributed by atoms with Gasteiger partial charge < -0.3 is 8.60 Å². The van der Waals surface area contributed by atoms with Crippen molar-refractivity contribution in [3.8, 4) is 17.1 Å². The van der Waals surface area contributed by atoms with Crippen LogP contribution in [0.25, 0.3) is 22.3 Å². The maximum absolute atomic E-state index is 12.1. The third-order valence-corrected chi connectivity index (χ3v) is 3.36. The number of fused-ring (bicyclic) bond motifs is 1. The van der Waals surface area contributed by atoms with E-state index >= 15 is 0 Å². The van der Waals surface area contributed by atoms with Crippen LogP contribution in [0.4, 0.5) is 0 Å². The quantitative estimate of drug-likeness (QED) is 0.746. The predicted molar refractivity (Wildman–Crippen MR) is 80.1 cm³/mol. The molecule has 0 spiro atoms. The average molecular weight is 318 g/mol. The molecule has 0 amide bonds. The van der Waals surface area contributed by atoms with Gasteiger partial charge in [0.15, 0.2) is 5.43 Å². The molecule has 0 aliphatic carbocycles. The molecule has 0 saturated heterocycles. The first-order valence-electron chi connectivity index (χ1n) is 6.23. The van der Waals surface area contributed by atoms with E-state index in [4.69, 9.17) is 8.97 Å². The summed E-state index contributed by atoms with van der Waals surface area (Å²) in [7, 11) is -4.64. The number of hydrogen-bond donors (Lipinski definition) is 1. The number of rotatable bonds is 3. The lowest BCUT2D eigenvalue weighted by Gasteiger charge is -2.05. The Bertz CT molecular complexity index is 989. The van der Waals surface area contributed by atoms with E-state index in [0.717, 1.165) is 0 Å². The van der Waals surface area contributed by atoms with E-state index in [1.807, 2.05) is 6.07 Å². The normalized spacial score (nSPS) is 11.5. The van der Waals surface area contributed by atoms with Gasteiger partial charge >= 0.3 is 10.4 Å². The SMILES string of the molecule is O=c1cc(-c2ccccc2)oc2cc(OS(=O)(=O)O)ccc12. The zero-order valence-corrected chi connectivity index (χ0v) is 11.9. The van der Waals surface area contributed by atoms with Crippen LogP contribution in [0.3, 0.4) is 0 Å². The molecular formula is C15H10O6S. The molecule has 0 aliphatic heterocycles. The minimum atomic E-state index is -4.64. The molecule has 3 rings (SSSR count). The lowest BCUT2D eigenvalue weighted by Crippen LogP contribution is -2.07. The molecule has 0 atom stereocenters. The molecule has 2 aromatic carbocycles. The van der Waals surface area contributed by atoms with Crippen LogP contribution in [0, 0.1) is 0 Å². The van der Waals surface area contributed by atoms with Gasteiger partial charge in [-0.1, -0.05) is 30.3 Å². The van der Waals surface area contributed by atoms with Gasteiger partial charge in [-0.2, -0.15) is 8.42 Å². The van der Waals surface area contributed by atoms with Gasteiger partial charge in [-0.25, -0.2) is 0 Å². The molecule has 7 heteroatoms. The summed E-state index contributed by atoms with van der Waals surface area (Å²) in [6.45, 7) is 0. The zero-order valence-electron chi connectivity index (χ0n) is 11.1. The van der Waals surface area contributed by atoms with Crippen molar-refractivity contribution in [3.05, 3.63) is 64.8 Å². The third kappa shape index (κ3) is 3.00. The van der Waals surface area contributed by atoms with Gasteiger partial charge in [0.1, 0.15) is 17.1 Å². The lowest BCUT2D eigenvalue weighted by atomic mass is 10.1. The van der Waals surface area contributed by atoms with Crippen molar-refractivity contribution in [1.29, 1.82) is 0 Å². The topological polar surface area (TPSA) is 93.8 Å². The summed E-state index contributed by atoms with van der Waals surface area (Å²) in [6, 6.07) is 14.2. The van der Waals surface area contributed by atoms with Gasteiger partial charge in [-0.3, -0.25) is 9.35 Å². The van der Waals surface area contributed by atoms with Crippen molar-refractivity contribution in [2.75, 3.05) is 0 Å². The lowest BCUT2D eigenvalue weighted by molar-refractivity contribution is 0.387. The highest BCUT2D eigenvalue weighted by atomic mass is 32.3. The fourth-order valence-electron chi connectivity index (χ4n) is 2.05. The van der Waals surface area contributed by atoms with E-state index in [1.165, 1.54) is 24.3 Å². The average Bonchev–Trinajstić information content (AvgIpc) is 2.46. The fraction of sp³-hybridized carbons (Fsp3) is 0. The van der Waals surface area contributed by atoms with Crippen molar-refractivity contribution in [2.24, 2.45) is 0 Å². The molecule has 22 heavy (non-hydrogen) atoms. The van der Waals surface area contributed by atoms with Gasteiger partial charge in [0.2, 0.25) is 0 Å². The van der Waals surface area contributed by atoms with Crippen LogP contribution in [0.2, 0.25) is 0 Å². The molecule has 0 bridgehead atoms. The van der Waals surface area contributed by atoms with Crippen molar-refractivity contribution in [2.45, 2.75) is 0 Å². The Morgan fingerprint density at radius 2 is 1.73 bits per heavy atom. The molecule has 112 valence electrons. The molecule has 1 aromatic heterocycles. The van der Waals surface area contributed by atoms with Crippen LogP contribution < -0.4 is 9.61 Å². The van der Waals surface area contributed by atoms with E-state index in [-0.39, 0.29) is 22.1 Å². The molecule has 6 nitrogen and oxygen atoms in total. The first-order chi connectivity index (χ1) is 10.4. The number of benzene rings is 2. The van der Waals surface area contributed by atoms with Crippen LogP contribution in [0.1, 0.15) is 0 Å². The maximum atomic E-state index is 12.1. The first-order valence-corrected chi connectivity index (χ1v) is 7.59. The van der Waals surface area contributed by atoms with Crippen molar-refractivity contribution in [3.63, 3.8) is 0 Å². The van der Waals surface area contributed by atoms with Gasteiger partial charge in [0.25, 0.3) is 0 Å². The van der Waals surface area contributed by atoms with E-state index in [9.17, 15) is 13.2 Å². The van der Waals surface area contributed by atoms with Crippen LogP contribution in [0.15, 0.2) is 63.8 Å². The molecule has 0 saturated carbocycles. The molecule has 0 unspecified atom stereocenters. The maximum Gasteiger partial charge on any atom is 0.446 e. The van der Waals surface area contributed by atoms with Crippen molar-refractivity contribution >= 4 is 21.4 Å². The van der Waals surface area contributed by atoms with Crippen LogP contribution in [-0.2, 0) is 10.4 Å². The predicted octanol–water partition coefficient (Wildman–Crippen LogP) is 2.64. The van der Waals surface area contributed by atoms with Gasteiger partial charge in [0, 0.05) is 17.7 Å². The molecule has 0 radical (unpaired) electrons. The second kappa shape index (κ2) is 5.28. The fourth-order valence-corrected chi connectivity index (χ4v) is 2.40. The Morgan fingerprint density at radius 1 is 1.00 bits per heavy atom. The monoisotopic (exact) mass is 318 g/mol. The Hall–Kier alpha value is -2.64. The second-order valence-electron chi connectivity index (χ2n) is 4.51. The Kier molecular flexibility index (Phi) is 3.44. The molecule has 0 fully saturated rings. The minimum absolute atomic E-state index is 0.150. The first kappa shape index (κ1) is 14.3. The van der Waals surface area contributed by atoms with E-state index in [2.05, 4.69) is 4.18 Å². The summed E-state index contributed by atoms with van der Waals surface area (Å²) in [5.74, 6) is 0.200. The largest absolute Gasteiger partial charge is 0.456 e. The molecule has 1 N–H and O–H groups in total. The Balaban J connectivity index is 2.17. The standard InChI is InChI=1S/C15H10O6S/c16-13-9-14(10-4-2-1-3-5-10)20-15-8-11(6-7-12(13)15)21-22(17,18)19/h1-9H,(H,17,18,19). The molecular weight excluding hydrogens is 308 g/mol. The molecule has 0 aliphatic rings. The second-order valence-corrected chi connectivity index (χ2v) is 5.53. The van der Waals surface area contributed by atoms with E-state index in [1.54, 1.807) is 24.3 Å². The minimum Gasteiger partial charge on any atom is -0.456 e. The summed E-state index contributed by atoms with van der Waals surface area (Å²) >= 11 is 0. The smallest absolute Gasteiger partial charge is 0.446 e. The van der Waals surface area contributed by atoms with Gasteiger partial charge in [-0.05, 0) is 12.1 Å². The van der Waals surface area contributed by atoms with Crippen LogP contribution in [-0.4, -0.2) is 13.0 Å². The molecule has 3 aromatic rings. The Labute approximate surface area is 125 Å². The van der Waals surface area contributed by atoms with Crippen LogP contribution in [0.5, 0.6) is 5.75 Å². The van der Waals surface area contributed by atoms with Gasteiger partial charge in [0.05, 0.1) is 5.39 Å². The summed E-state index contributed by atoms with van der Waals surface area (Å²) in [5, 5.41) is 0.280. The van der Waals surface area contributed by atoms with E-state index in [0.29, 0.717) is 11.3 Å². The van der Waals surface area contributed by atoms with Gasteiger partial charge in [-0.15, -0.1) is 0 Å². The van der Waals surface area contributed by atoms with Crippen molar-refractivity contribution in [1.82, 2.24) is 0 Å². The molecule has 1 heterocycles. The number of hydrogen-bond acceptors (Lipinski definition) is 5. The van der Waals surface area contributed by atoms with Crippen molar-refractivity contribution < 1.29 is 21.6 Å². The summed E-state index contributed by atoms with van der Waals surface area (Å²) in [6.07, 6.45) is 0. The van der Waals surface area contributed by atoms with Crippen LogP contribution >= 0.6 is 0 Å². The highest BCUT2D eigenvalue weighted by molar-refractivity contribution is 7.81. The third-order valence-electron chi connectivity index (χ3n) is 2.96. The highest BCUT2D eigenvalue weighted by Gasteiger charge is 2.11. The summed E-state index contributed by atoms with van der Waals surface area (Å²) in [4.78, 5) is 12.1. The summed E-state index contributed by atoms with van der Waals surface area (Å²) in [5.41, 5.74) is 0.605. The Morgan fingerprint density at radius 3 is 2.41 bits per heavy atom.